The summed E-state index contributed by atoms with van der Waals surface area (Å²) in [6.45, 7) is 3.07. The molecule has 0 saturated carbocycles. The molecule has 1 aliphatic rings. The van der Waals surface area contributed by atoms with Crippen molar-refractivity contribution >= 4 is 39.6 Å². The van der Waals surface area contributed by atoms with Crippen molar-refractivity contribution in [3.05, 3.63) is 23.2 Å². The van der Waals surface area contributed by atoms with Crippen LogP contribution in [0.3, 0.4) is 0 Å². The van der Waals surface area contributed by atoms with Crippen LogP contribution in [0.25, 0.3) is 0 Å². The maximum atomic E-state index is 12.9. The first kappa shape index (κ1) is 20.3. The second-order valence-corrected chi connectivity index (χ2v) is 8.31. The molecule has 0 unspecified atom stereocenters. The molecule has 144 valence electrons. The number of benzene rings is 1. The summed E-state index contributed by atoms with van der Waals surface area (Å²) >= 11 is 6.02. The highest BCUT2D eigenvalue weighted by Gasteiger charge is 2.34. The van der Waals surface area contributed by atoms with Gasteiger partial charge in [-0.25, -0.2) is 8.42 Å². The second kappa shape index (κ2) is 8.13. The van der Waals surface area contributed by atoms with E-state index in [0.717, 1.165) is 17.0 Å². The van der Waals surface area contributed by atoms with E-state index in [1.54, 1.807) is 21.9 Å². The molecule has 0 aromatic heterocycles. The molecule has 1 atom stereocenters. The molecule has 0 radical (unpaired) electrons. The summed E-state index contributed by atoms with van der Waals surface area (Å²) in [6, 6.07) is 3.60. The zero-order chi connectivity index (χ0) is 19.5. The number of carbonyl (C=O) groups is 2. The predicted molar refractivity (Wildman–Crippen MR) is 99.0 cm³/mol. The van der Waals surface area contributed by atoms with Crippen molar-refractivity contribution in [3.8, 4) is 5.75 Å². The summed E-state index contributed by atoms with van der Waals surface area (Å²) in [5.74, 6) is -0.0479. The normalized spacial score (nSPS) is 16.2. The third kappa shape index (κ3) is 4.39. The van der Waals surface area contributed by atoms with Crippen LogP contribution in [-0.2, 0) is 19.6 Å². The molecule has 0 N–H and O–H groups in total. The van der Waals surface area contributed by atoms with Gasteiger partial charge in [-0.1, -0.05) is 11.6 Å². The second-order valence-electron chi connectivity index (χ2n) is 6.02. The monoisotopic (exact) mass is 403 g/mol. The van der Waals surface area contributed by atoms with Gasteiger partial charge in [0, 0.05) is 31.2 Å². The van der Waals surface area contributed by atoms with E-state index in [0.29, 0.717) is 37.0 Å². The van der Waals surface area contributed by atoms with Crippen LogP contribution in [0.4, 0.5) is 5.69 Å². The number of nitrogens with zero attached hydrogens (tertiary/aromatic N) is 3. The average Bonchev–Trinajstić information content (AvgIpc) is 2.60. The first-order valence-electron chi connectivity index (χ1n) is 8.00. The molecular weight excluding hydrogens is 382 g/mol. The average molecular weight is 404 g/mol. The molecule has 1 aliphatic heterocycles. The molecule has 10 heteroatoms. The summed E-state index contributed by atoms with van der Waals surface area (Å²) < 4.78 is 31.1. The number of anilines is 1. The van der Waals surface area contributed by atoms with Crippen molar-refractivity contribution in [1.82, 2.24) is 9.80 Å². The van der Waals surface area contributed by atoms with Crippen LogP contribution in [-0.4, -0.2) is 76.1 Å². The van der Waals surface area contributed by atoms with E-state index in [9.17, 15) is 18.0 Å². The lowest BCUT2D eigenvalue weighted by Gasteiger charge is -2.37. The highest BCUT2D eigenvalue weighted by molar-refractivity contribution is 7.92. The quantitative estimate of drug-likeness (QED) is 0.656. The number of rotatable bonds is 6. The zero-order valence-electron chi connectivity index (χ0n) is 14.9. The molecule has 1 saturated heterocycles. The van der Waals surface area contributed by atoms with E-state index >= 15 is 0 Å². The number of piperazine rings is 1. The van der Waals surface area contributed by atoms with E-state index < -0.39 is 16.1 Å². The largest absolute Gasteiger partial charge is 0.495 e. The molecule has 8 nitrogen and oxygen atoms in total. The fourth-order valence-corrected chi connectivity index (χ4v) is 4.25. The smallest absolute Gasteiger partial charge is 0.246 e. The zero-order valence-corrected chi connectivity index (χ0v) is 16.5. The molecule has 2 amide bonds. The third-order valence-corrected chi connectivity index (χ3v) is 5.68. The topological polar surface area (TPSA) is 87.2 Å². The first-order chi connectivity index (χ1) is 12.2. The minimum absolute atomic E-state index is 0.204. The SMILES string of the molecule is COc1ccc(Cl)cc1N([C@@H](C)C(=O)N1CCN(C=O)CC1)S(C)(=O)=O. The Balaban J connectivity index is 2.35. The Hall–Kier alpha value is -2.00. The number of halogens is 1. The van der Waals surface area contributed by atoms with Crippen LogP contribution in [0.15, 0.2) is 18.2 Å². The maximum Gasteiger partial charge on any atom is 0.246 e. The summed E-state index contributed by atoms with van der Waals surface area (Å²) in [5.41, 5.74) is 0.204. The first-order valence-corrected chi connectivity index (χ1v) is 10.2. The minimum Gasteiger partial charge on any atom is -0.495 e. The van der Waals surface area contributed by atoms with Crippen molar-refractivity contribution in [1.29, 1.82) is 0 Å². The lowest BCUT2D eigenvalue weighted by molar-refractivity contribution is -0.135. The Kier molecular flexibility index (Phi) is 6.35. The molecule has 0 aliphatic carbocycles. The third-order valence-electron chi connectivity index (χ3n) is 4.22. The van der Waals surface area contributed by atoms with Crippen molar-refractivity contribution in [3.63, 3.8) is 0 Å². The van der Waals surface area contributed by atoms with Gasteiger partial charge in [-0.2, -0.15) is 0 Å². The highest BCUT2D eigenvalue weighted by Crippen LogP contribution is 2.34. The summed E-state index contributed by atoms with van der Waals surface area (Å²) in [7, 11) is -2.37. The Bertz CT molecular complexity index is 778. The van der Waals surface area contributed by atoms with Crippen LogP contribution in [0.1, 0.15) is 6.92 Å². The van der Waals surface area contributed by atoms with Crippen LogP contribution >= 0.6 is 11.6 Å². The van der Waals surface area contributed by atoms with E-state index in [1.807, 2.05) is 0 Å². The van der Waals surface area contributed by atoms with E-state index in [-0.39, 0.29) is 11.6 Å². The van der Waals surface area contributed by atoms with Crippen molar-refractivity contribution in [2.45, 2.75) is 13.0 Å². The summed E-state index contributed by atoms with van der Waals surface area (Å²) in [6.07, 6.45) is 1.77. The van der Waals surface area contributed by atoms with Gasteiger partial charge in [0.1, 0.15) is 11.8 Å². The van der Waals surface area contributed by atoms with Crippen LogP contribution in [0.2, 0.25) is 5.02 Å². The van der Waals surface area contributed by atoms with Gasteiger partial charge < -0.3 is 14.5 Å². The van der Waals surface area contributed by atoms with Gasteiger partial charge in [0.15, 0.2) is 0 Å². The van der Waals surface area contributed by atoms with E-state index in [4.69, 9.17) is 16.3 Å². The summed E-state index contributed by atoms with van der Waals surface area (Å²) in [4.78, 5) is 26.8. The predicted octanol–water partition coefficient (Wildman–Crippen LogP) is 0.804. The lowest BCUT2D eigenvalue weighted by atomic mass is 10.2. The van der Waals surface area contributed by atoms with E-state index in [1.165, 1.54) is 20.1 Å². The Morgan fingerprint density at radius 3 is 2.42 bits per heavy atom. The molecule has 2 rings (SSSR count). The molecule has 1 fully saturated rings. The number of hydrogen-bond acceptors (Lipinski definition) is 5. The molecular formula is C16H22ClN3O5S. The Labute approximate surface area is 158 Å². The van der Waals surface area contributed by atoms with E-state index in [2.05, 4.69) is 0 Å². The Morgan fingerprint density at radius 2 is 1.92 bits per heavy atom. The molecule has 0 spiro atoms. The standard InChI is InChI=1S/C16H22ClN3O5S/c1-12(16(22)19-8-6-18(11-21)7-9-19)20(26(3,23)24)14-10-13(17)4-5-15(14)25-2/h4-5,10-12H,6-9H2,1-3H3/t12-/m0/s1. The summed E-state index contributed by atoms with van der Waals surface area (Å²) in [5, 5.41) is 0.327. The number of amides is 2. The molecule has 1 aromatic carbocycles. The number of hydrogen-bond donors (Lipinski definition) is 0. The molecule has 1 aromatic rings. The van der Waals surface area contributed by atoms with Crippen molar-refractivity contribution in [2.75, 3.05) is 43.8 Å². The van der Waals surface area contributed by atoms with Gasteiger partial charge in [-0.3, -0.25) is 13.9 Å². The number of sulfonamides is 1. The molecule has 0 bridgehead atoms. The van der Waals surface area contributed by atoms with Gasteiger partial charge in [0.2, 0.25) is 22.3 Å². The fourth-order valence-electron chi connectivity index (χ4n) is 2.92. The lowest BCUT2D eigenvalue weighted by Crippen LogP contribution is -2.55. The molecule has 26 heavy (non-hydrogen) atoms. The van der Waals surface area contributed by atoms with Gasteiger partial charge in [-0.15, -0.1) is 0 Å². The van der Waals surface area contributed by atoms with Gasteiger partial charge >= 0.3 is 0 Å². The number of methoxy groups -OCH3 is 1. The number of carbonyl (C=O) groups excluding carboxylic acids is 2. The van der Waals surface area contributed by atoms with Crippen molar-refractivity contribution < 1.29 is 22.7 Å². The van der Waals surface area contributed by atoms with Gasteiger partial charge in [0.05, 0.1) is 19.1 Å². The maximum absolute atomic E-state index is 12.9. The van der Waals surface area contributed by atoms with Crippen molar-refractivity contribution in [2.24, 2.45) is 0 Å². The highest BCUT2D eigenvalue weighted by atomic mass is 35.5. The van der Waals surface area contributed by atoms with Gasteiger partial charge in [-0.05, 0) is 25.1 Å². The fraction of sp³-hybridized carbons (Fsp3) is 0.500. The molecule has 1 heterocycles. The minimum atomic E-state index is -3.79. The number of ether oxygens (including phenoxy) is 1. The van der Waals surface area contributed by atoms with Crippen LogP contribution < -0.4 is 9.04 Å². The van der Waals surface area contributed by atoms with Gasteiger partial charge in [0.25, 0.3) is 0 Å². The Morgan fingerprint density at radius 1 is 1.31 bits per heavy atom. The van der Waals surface area contributed by atoms with Crippen LogP contribution in [0, 0.1) is 0 Å². The van der Waals surface area contributed by atoms with Crippen LogP contribution in [0.5, 0.6) is 5.75 Å².